The maximum absolute atomic E-state index is 12.5. The summed E-state index contributed by atoms with van der Waals surface area (Å²) in [5.74, 6) is -3.30. The summed E-state index contributed by atoms with van der Waals surface area (Å²) in [5, 5.41) is 10.2. The highest BCUT2D eigenvalue weighted by Crippen LogP contribution is 2.09. The van der Waals surface area contributed by atoms with Crippen molar-refractivity contribution in [2.75, 3.05) is 13.2 Å². The molecule has 1 amide bonds. The number of hydrogen-bond donors (Lipinski definition) is 2. The molecular weight excluding hydrogens is 196 g/mol. The zero-order valence-corrected chi connectivity index (χ0v) is 7.15. The molecular formula is C7H9F2N3O2. The van der Waals surface area contributed by atoms with Crippen molar-refractivity contribution in [1.29, 1.82) is 0 Å². The standard InChI is InChI=1S/C7H9F2N3O2/c8-7(9,4-13)3-11-6(14)12-2-1-10-5-12/h1-2,5,13H,3-4H2,(H,11,14). The van der Waals surface area contributed by atoms with Gasteiger partial charge in [-0.15, -0.1) is 0 Å². The molecule has 1 aromatic rings. The van der Waals surface area contributed by atoms with E-state index in [1.165, 1.54) is 18.7 Å². The summed E-state index contributed by atoms with van der Waals surface area (Å²) in [7, 11) is 0. The first-order valence-corrected chi connectivity index (χ1v) is 3.80. The molecule has 0 atom stereocenters. The smallest absolute Gasteiger partial charge is 0.327 e. The maximum atomic E-state index is 12.5. The van der Waals surface area contributed by atoms with Crippen LogP contribution >= 0.6 is 0 Å². The Hall–Kier alpha value is -1.50. The number of halogens is 2. The lowest BCUT2D eigenvalue weighted by atomic mass is 10.3. The van der Waals surface area contributed by atoms with Crippen molar-refractivity contribution >= 4 is 6.03 Å². The first kappa shape index (κ1) is 10.6. The van der Waals surface area contributed by atoms with Crippen LogP contribution in [-0.4, -0.2) is 39.8 Å². The topological polar surface area (TPSA) is 67.2 Å². The van der Waals surface area contributed by atoms with Gasteiger partial charge in [-0.1, -0.05) is 0 Å². The minimum atomic E-state index is -3.30. The van der Waals surface area contributed by atoms with E-state index in [4.69, 9.17) is 5.11 Å². The summed E-state index contributed by atoms with van der Waals surface area (Å²) < 4.78 is 26.0. The Bertz CT molecular complexity index is 300. The largest absolute Gasteiger partial charge is 0.390 e. The number of aliphatic hydroxyl groups excluding tert-OH is 1. The number of carbonyl (C=O) groups excluding carboxylic acids is 1. The van der Waals surface area contributed by atoms with Gasteiger partial charge in [-0.3, -0.25) is 4.57 Å². The third-order valence-corrected chi connectivity index (χ3v) is 1.47. The Labute approximate surface area is 78.4 Å². The second kappa shape index (κ2) is 4.14. The van der Waals surface area contributed by atoms with Crippen molar-refractivity contribution in [2.24, 2.45) is 0 Å². The lowest BCUT2D eigenvalue weighted by Gasteiger charge is -2.13. The van der Waals surface area contributed by atoms with Crippen LogP contribution in [0.2, 0.25) is 0 Å². The molecule has 0 unspecified atom stereocenters. The number of aromatic nitrogens is 2. The quantitative estimate of drug-likeness (QED) is 0.733. The molecule has 0 aliphatic heterocycles. The van der Waals surface area contributed by atoms with Crippen molar-refractivity contribution in [3.05, 3.63) is 18.7 Å². The van der Waals surface area contributed by atoms with Gasteiger partial charge in [-0.05, 0) is 0 Å². The number of nitrogens with zero attached hydrogens (tertiary/aromatic N) is 2. The maximum Gasteiger partial charge on any atom is 0.327 e. The van der Waals surface area contributed by atoms with E-state index < -0.39 is 25.1 Å². The average Bonchev–Trinajstić information content (AvgIpc) is 2.67. The summed E-state index contributed by atoms with van der Waals surface area (Å²) in [6.07, 6.45) is 3.86. The normalized spacial score (nSPS) is 11.4. The van der Waals surface area contributed by atoms with E-state index in [0.29, 0.717) is 0 Å². The average molecular weight is 205 g/mol. The number of imidazole rings is 1. The van der Waals surface area contributed by atoms with Crippen molar-refractivity contribution in [2.45, 2.75) is 5.92 Å². The minimum absolute atomic E-state index is 0.712. The Morgan fingerprint density at radius 3 is 2.86 bits per heavy atom. The van der Waals surface area contributed by atoms with Crippen LogP contribution in [0.4, 0.5) is 13.6 Å². The van der Waals surface area contributed by atoms with Crippen LogP contribution in [0.15, 0.2) is 18.7 Å². The molecule has 0 fully saturated rings. The first-order chi connectivity index (χ1) is 6.55. The summed E-state index contributed by atoms with van der Waals surface area (Å²) in [4.78, 5) is 14.6. The lowest BCUT2D eigenvalue weighted by Crippen LogP contribution is -2.40. The van der Waals surface area contributed by atoms with Crippen LogP contribution in [0.25, 0.3) is 0 Å². The van der Waals surface area contributed by atoms with Crippen LogP contribution in [0.3, 0.4) is 0 Å². The summed E-state index contributed by atoms with van der Waals surface area (Å²) >= 11 is 0. The van der Waals surface area contributed by atoms with Crippen molar-refractivity contribution < 1.29 is 18.7 Å². The van der Waals surface area contributed by atoms with E-state index in [1.54, 1.807) is 0 Å². The minimum Gasteiger partial charge on any atom is -0.390 e. The van der Waals surface area contributed by atoms with E-state index in [2.05, 4.69) is 4.98 Å². The second-order valence-corrected chi connectivity index (χ2v) is 2.64. The van der Waals surface area contributed by atoms with Gasteiger partial charge in [-0.2, -0.15) is 0 Å². The van der Waals surface area contributed by atoms with Crippen LogP contribution in [0, 0.1) is 0 Å². The summed E-state index contributed by atoms with van der Waals surface area (Å²) in [5.41, 5.74) is 0. The third-order valence-electron chi connectivity index (χ3n) is 1.47. The van der Waals surface area contributed by atoms with Gasteiger partial charge in [0.1, 0.15) is 12.9 Å². The van der Waals surface area contributed by atoms with E-state index >= 15 is 0 Å². The van der Waals surface area contributed by atoms with Crippen molar-refractivity contribution in [1.82, 2.24) is 14.9 Å². The molecule has 0 saturated heterocycles. The number of nitrogens with one attached hydrogen (secondary N) is 1. The number of hydrogen-bond acceptors (Lipinski definition) is 3. The predicted octanol–water partition coefficient (Wildman–Crippen LogP) is 0.0684. The van der Waals surface area contributed by atoms with Gasteiger partial charge < -0.3 is 10.4 Å². The Kier molecular flexibility index (Phi) is 3.13. The number of amides is 1. The predicted molar refractivity (Wildman–Crippen MR) is 43.1 cm³/mol. The molecule has 0 aromatic carbocycles. The number of carbonyl (C=O) groups is 1. The van der Waals surface area contributed by atoms with Gasteiger partial charge in [-0.25, -0.2) is 18.6 Å². The monoisotopic (exact) mass is 205 g/mol. The van der Waals surface area contributed by atoms with E-state index in [-0.39, 0.29) is 0 Å². The van der Waals surface area contributed by atoms with Gasteiger partial charge in [0.2, 0.25) is 0 Å². The fourth-order valence-electron chi connectivity index (χ4n) is 0.731. The third kappa shape index (κ3) is 2.77. The molecule has 0 aliphatic rings. The van der Waals surface area contributed by atoms with Crippen LogP contribution in [-0.2, 0) is 0 Å². The van der Waals surface area contributed by atoms with Crippen molar-refractivity contribution in [3.63, 3.8) is 0 Å². The van der Waals surface area contributed by atoms with Crippen molar-refractivity contribution in [3.8, 4) is 0 Å². The molecule has 7 heteroatoms. The molecule has 1 aromatic heterocycles. The van der Waals surface area contributed by atoms with Gasteiger partial charge in [0, 0.05) is 12.4 Å². The van der Waals surface area contributed by atoms with Gasteiger partial charge >= 0.3 is 6.03 Å². The first-order valence-electron chi connectivity index (χ1n) is 3.80. The molecule has 0 radical (unpaired) electrons. The highest BCUT2D eigenvalue weighted by atomic mass is 19.3. The molecule has 0 spiro atoms. The zero-order valence-electron chi connectivity index (χ0n) is 7.15. The van der Waals surface area contributed by atoms with Crippen LogP contribution in [0.1, 0.15) is 0 Å². The SMILES string of the molecule is O=C(NCC(F)(F)CO)n1ccnc1. The Balaban J connectivity index is 2.43. The summed E-state index contributed by atoms with van der Waals surface area (Å²) in [6, 6.07) is -0.712. The van der Waals surface area contributed by atoms with Crippen LogP contribution < -0.4 is 5.32 Å². The van der Waals surface area contributed by atoms with Gasteiger partial charge in [0.05, 0.1) is 6.54 Å². The molecule has 1 rings (SSSR count). The molecule has 1 heterocycles. The zero-order chi connectivity index (χ0) is 10.6. The highest BCUT2D eigenvalue weighted by molar-refractivity contribution is 5.76. The Morgan fingerprint density at radius 2 is 2.36 bits per heavy atom. The molecule has 5 nitrogen and oxygen atoms in total. The summed E-state index contributed by atoms with van der Waals surface area (Å²) in [6.45, 7) is -2.20. The Morgan fingerprint density at radius 1 is 1.64 bits per heavy atom. The van der Waals surface area contributed by atoms with Crippen LogP contribution in [0.5, 0.6) is 0 Å². The lowest BCUT2D eigenvalue weighted by molar-refractivity contribution is -0.0454. The second-order valence-electron chi connectivity index (χ2n) is 2.64. The number of rotatable bonds is 3. The molecule has 2 N–H and O–H groups in total. The molecule has 0 saturated carbocycles. The van der Waals surface area contributed by atoms with E-state index in [1.807, 2.05) is 5.32 Å². The van der Waals surface area contributed by atoms with Gasteiger partial charge in [0.15, 0.2) is 0 Å². The van der Waals surface area contributed by atoms with E-state index in [9.17, 15) is 13.6 Å². The molecule has 78 valence electrons. The van der Waals surface area contributed by atoms with Gasteiger partial charge in [0.25, 0.3) is 5.92 Å². The molecule has 0 bridgehead atoms. The van der Waals surface area contributed by atoms with E-state index in [0.717, 1.165) is 4.57 Å². The number of alkyl halides is 2. The molecule has 0 aliphatic carbocycles. The molecule has 14 heavy (non-hydrogen) atoms. The highest BCUT2D eigenvalue weighted by Gasteiger charge is 2.28. The number of aliphatic hydroxyl groups is 1. The fraction of sp³-hybridized carbons (Fsp3) is 0.429. The fourth-order valence-corrected chi connectivity index (χ4v) is 0.731.